The Morgan fingerprint density at radius 1 is 1.24 bits per heavy atom. The zero-order chi connectivity index (χ0) is 16.5. The molecule has 0 bridgehead atoms. The fourth-order valence-corrected chi connectivity index (χ4v) is 4.11. The molecule has 1 aliphatic carbocycles. The number of aromatic nitrogens is 1. The van der Waals surface area contributed by atoms with Crippen molar-refractivity contribution in [2.75, 3.05) is 31.1 Å². The Balaban J connectivity index is 0.00000182. The van der Waals surface area contributed by atoms with Gasteiger partial charge in [0, 0.05) is 43.7 Å². The van der Waals surface area contributed by atoms with Crippen molar-refractivity contribution in [1.82, 2.24) is 9.88 Å². The number of rotatable bonds is 3. The molecular formula is C18H24IN5S. The summed E-state index contributed by atoms with van der Waals surface area (Å²) in [5, 5.41) is 3.13. The highest BCUT2D eigenvalue weighted by Crippen LogP contribution is 2.44. The molecule has 5 nitrogen and oxygen atoms in total. The van der Waals surface area contributed by atoms with Crippen LogP contribution in [-0.4, -0.2) is 48.1 Å². The van der Waals surface area contributed by atoms with Crippen molar-refractivity contribution >= 4 is 46.4 Å². The van der Waals surface area contributed by atoms with Crippen LogP contribution in [0.4, 0.5) is 5.13 Å². The summed E-state index contributed by atoms with van der Waals surface area (Å²) in [6.07, 6.45) is 2.98. The lowest BCUT2D eigenvalue weighted by atomic mass is 10.0. The molecule has 2 fully saturated rings. The maximum Gasteiger partial charge on any atom is 0.191 e. The van der Waals surface area contributed by atoms with E-state index in [1.807, 2.05) is 11.6 Å². The second-order valence-electron chi connectivity index (χ2n) is 6.54. The lowest BCUT2D eigenvalue weighted by molar-refractivity contribution is 0.380. The van der Waals surface area contributed by atoms with Gasteiger partial charge >= 0.3 is 0 Å². The highest BCUT2D eigenvalue weighted by molar-refractivity contribution is 14.0. The number of nitrogens with zero attached hydrogens (tertiary/aromatic N) is 4. The Kier molecular flexibility index (Phi) is 5.83. The number of anilines is 1. The summed E-state index contributed by atoms with van der Waals surface area (Å²) in [5.74, 6) is 1.25. The topological polar surface area (TPSA) is 57.8 Å². The summed E-state index contributed by atoms with van der Waals surface area (Å²) in [6, 6.07) is 8.95. The normalized spacial score (nSPS) is 23.3. The summed E-state index contributed by atoms with van der Waals surface area (Å²) < 4.78 is 0. The summed E-state index contributed by atoms with van der Waals surface area (Å²) in [4.78, 5) is 13.7. The van der Waals surface area contributed by atoms with E-state index >= 15 is 0 Å². The molecule has 7 heteroatoms. The maximum atomic E-state index is 6.28. The predicted molar refractivity (Wildman–Crippen MR) is 115 cm³/mol. The number of hydrogen-bond donors (Lipinski definition) is 1. The van der Waals surface area contributed by atoms with Crippen molar-refractivity contribution in [3.05, 3.63) is 47.0 Å². The molecule has 2 aliphatic rings. The van der Waals surface area contributed by atoms with Crippen LogP contribution in [0.15, 0.2) is 40.8 Å². The van der Waals surface area contributed by atoms with E-state index in [9.17, 15) is 0 Å². The highest BCUT2D eigenvalue weighted by Gasteiger charge is 2.39. The van der Waals surface area contributed by atoms with Gasteiger partial charge in [0.15, 0.2) is 11.1 Å². The first-order chi connectivity index (χ1) is 11.7. The first-order valence-electron chi connectivity index (χ1n) is 8.50. The molecule has 2 heterocycles. The first-order valence-corrected chi connectivity index (χ1v) is 9.38. The van der Waals surface area contributed by atoms with E-state index in [1.165, 1.54) is 11.1 Å². The molecule has 1 aromatic carbocycles. The summed E-state index contributed by atoms with van der Waals surface area (Å²) >= 11 is 1.69. The maximum absolute atomic E-state index is 6.28. The number of thiazole rings is 1. The second-order valence-corrected chi connectivity index (χ2v) is 7.42. The molecule has 1 saturated heterocycles. The van der Waals surface area contributed by atoms with Crippen LogP contribution >= 0.6 is 35.3 Å². The minimum atomic E-state index is 0. The van der Waals surface area contributed by atoms with E-state index in [2.05, 4.69) is 46.0 Å². The number of benzene rings is 1. The van der Waals surface area contributed by atoms with Crippen LogP contribution in [0.1, 0.15) is 23.5 Å². The van der Waals surface area contributed by atoms with Gasteiger partial charge in [0.25, 0.3) is 0 Å². The van der Waals surface area contributed by atoms with Gasteiger partial charge in [0.05, 0.1) is 6.04 Å². The molecule has 1 saturated carbocycles. The third-order valence-electron chi connectivity index (χ3n) is 4.94. The van der Waals surface area contributed by atoms with Gasteiger partial charge in [-0.1, -0.05) is 24.3 Å². The minimum Gasteiger partial charge on any atom is -0.370 e. The van der Waals surface area contributed by atoms with Gasteiger partial charge in [-0.15, -0.1) is 35.3 Å². The zero-order valence-corrected chi connectivity index (χ0v) is 17.5. The van der Waals surface area contributed by atoms with Crippen LogP contribution < -0.4 is 10.6 Å². The molecule has 134 valence electrons. The molecule has 2 aromatic rings. The van der Waals surface area contributed by atoms with E-state index < -0.39 is 0 Å². The summed E-state index contributed by atoms with van der Waals surface area (Å²) in [7, 11) is 0. The van der Waals surface area contributed by atoms with Crippen molar-refractivity contribution < 1.29 is 0 Å². The number of halogens is 1. The molecule has 25 heavy (non-hydrogen) atoms. The average Bonchev–Trinajstić information content (AvgIpc) is 3.14. The average molecular weight is 469 g/mol. The van der Waals surface area contributed by atoms with Crippen LogP contribution in [0.25, 0.3) is 0 Å². The van der Waals surface area contributed by atoms with Gasteiger partial charge in [-0.25, -0.2) is 9.98 Å². The van der Waals surface area contributed by atoms with Crippen molar-refractivity contribution in [3.8, 4) is 0 Å². The van der Waals surface area contributed by atoms with Crippen molar-refractivity contribution in [1.29, 1.82) is 0 Å². The molecule has 1 aliphatic heterocycles. The van der Waals surface area contributed by atoms with E-state index in [4.69, 9.17) is 10.7 Å². The summed E-state index contributed by atoms with van der Waals surface area (Å²) in [5.41, 5.74) is 9.06. The number of aryl methyl sites for hydroxylation is 1. The number of piperazine rings is 1. The van der Waals surface area contributed by atoms with Crippen LogP contribution in [0.3, 0.4) is 0 Å². The minimum absolute atomic E-state index is 0. The Hall–Kier alpha value is -1.35. The van der Waals surface area contributed by atoms with Gasteiger partial charge < -0.3 is 15.5 Å². The van der Waals surface area contributed by atoms with Crippen molar-refractivity contribution in [3.63, 3.8) is 0 Å². The lowest BCUT2D eigenvalue weighted by Gasteiger charge is -2.35. The van der Waals surface area contributed by atoms with Crippen molar-refractivity contribution in [2.45, 2.75) is 25.3 Å². The smallest absolute Gasteiger partial charge is 0.191 e. The second kappa shape index (κ2) is 7.90. The third kappa shape index (κ3) is 4.08. The largest absolute Gasteiger partial charge is 0.370 e. The van der Waals surface area contributed by atoms with E-state index in [0.717, 1.165) is 37.7 Å². The Bertz CT molecular complexity index is 725. The lowest BCUT2D eigenvalue weighted by Crippen LogP contribution is -2.51. The number of hydrogen-bond acceptors (Lipinski definition) is 4. The Labute approximate surface area is 170 Å². The fourth-order valence-electron chi connectivity index (χ4n) is 3.41. The molecule has 4 rings (SSSR count). The van der Waals surface area contributed by atoms with E-state index in [0.29, 0.717) is 17.9 Å². The molecule has 1 aromatic heterocycles. The van der Waals surface area contributed by atoms with Crippen LogP contribution in [-0.2, 0) is 0 Å². The van der Waals surface area contributed by atoms with Gasteiger partial charge in [-0.2, -0.15) is 0 Å². The van der Waals surface area contributed by atoms with Crippen LogP contribution in [0.5, 0.6) is 0 Å². The molecule has 2 unspecified atom stereocenters. The molecule has 2 N–H and O–H groups in total. The molecule has 0 amide bonds. The number of nitrogens with two attached hydrogens (primary N) is 1. The summed E-state index contributed by atoms with van der Waals surface area (Å²) in [6.45, 7) is 5.91. The monoisotopic (exact) mass is 469 g/mol. The standard InChI is InChI=1S/C18H23N5S.HI/c1-13-4-2-3-5-14(13)15-12-16(15)21-17(19)22-7-9-23(10-8-22)18-20-6-11-24-18;/h2-6,11,15-16H,7-10,12H2,1H3,(H2,19,21);1H. The van der Waals surface area contributed by atoms with Gasteiger partial charge in [0.2, 0.25) is 0 Å². The zero-order valence-electron chi connectivity index (χ0n) is 14.3. The van der Waals surface area contributed by atoms with Crippen LogP contribution in [0, 0.1) is 6.92 Å². The Morgan fingerprint density at radius 2 is 2.00 bits per heavy atom. The van der Waals surface area contributed by atoms with Gasteiger partial charge in [-0.05, 0) is 24.5 Å². The SMILES string of the molecule is Cc1ccccc1C1CC1N=C(N)N1CCN(c2nccs2)CC1.I. The molecule has 0 radical (unpaired) electrons. The predicted octanol–water partition coefficient (Wildman–Crippen LogP) is 3.06. The third-order valence-corrected chi connectivity index (χ3v) is 5.77. The molecular weight excluding hydrogens is 445 g/mol. The van der Waals surface area contributed by atoms with Crippen LogP contribution in [0.2, 0.25) is 0 Å². The quantitative estimate of drug-likeness (QED) is 0.427. The fraction of sp³-hybridized carbons (Fsp3) is 0.444. The Morgan fingerprint density at radius 3 is 2.68 bits per heavy atom. The van der Waals surface area contributed by atoms with Crippen molar-refractivity contribution in [2.24, 2.45) is 10.7 Å². The molecule has 2 atom stereocenters. The van der Waals surface area contributed by atoms with E-state index in [1.54, 1.807) is 11.3 Å². The highest BCUT2D eigenvalue weighted by atomic mass is 127. The number of aliphatic imine (C=N–C) groups is 1. The van der Waals surface area contributed by atoms with Gasteiger partial charge in [0.1, 0.15) is 0 Å². The molecule has 0 spiro atoms. The van der Waals surface area contributed by atoms with Gasteiger partial charge in [-0.3, -0.25) is 0 Å². The first kappa shape index (κ1) is 18.4. The number of guanidine groups is 1. The van der Waals surface area contributed by atoms with E-state index in [-0.39, 0.29) is 24.0 Å².